The van der Waals surface area contributed by atoms with E-state index in [1.54, 1.807) is 37.3 Å². The minimum absolute atomic E-state index is 0.144. The summed E-state index contributed by atoms with van der Waals surface area (Å²) in [5.74, 6) is -3.36. The van der Waals surface area contributed by atoms with Gasteiger partial charge >= 0.3 is 17.8 Å². The molecule has 0 aliphatic heterocycles. The highest BCUT2D eigenvalue weighted by Crippen LogP contribution is 2.34. The van der Waals surface area contributed by atoms with Crippen molar-refractivity contribution in [3.05, 3.63) is 121 Å². The van der Waals surface area contributed by atoms with Gasteiger partial charge in [-0.25, -0.2) is 13.6 Å². The molecule has 1 heterocycles. The number of alkyl halides is 3. The first kappa shape index (κ1) is 34.1. The van der Waals surface area contributed by atoms with Gasteiger partial charge in [-0.05, 0) is 62.2 Å². The molecule has 0 unspecified atom stereocenters. The summed E-state index contributed by atoms with van der Waals surface area (Å²) in [5.41, 5.74) is -3.74. The van der Waals surface area contributed by atoms with Gasteiger partial charge in [0.25, 0.3) is 5.56 Å². The van der Waals surface area contributed by atoms with Crippen LogP contribution in [0.2, 0.25) is 0 Å². The van der Waals surface area contributed by atoms with Gasteiger partial charge in [0.05, 0.1) is 37.4 Å². The summed E-state index contributed by atoms with van der Waals surface area (Å²) >= 11 is 0. The lowest BCUT2D eigenvalue weighted by Crippen LogP contribution is -2.45. The van der Waals surface area contributed by atoms with E-state index in [-0.39, 0.29) is 48.5 Å². The molecule has 1 aromatic heterocycles. The predicted octanol–water partition coefficient (Wildman–Crippen LogP) is 5.84. The van der Waals surface area contributed by atoms with E-state index in [1.165, 1.54) is 26.2 Å². The molecule has 2 N–H and O–H groups in total. The number of ether oxygens (including phenoxy) is 1. The minimum Gasteiger partial charge on any atom is -0.494 e. The number of halogens is 5. The van der Waals surface area contributed by atoms with E-state index in [4.69, 9.17) is 9.84 Å². The molecule has 8 nitrogen and oxygen atoms in total. The molecular formula is C33H32F5N3O5. The zero-order valence-electron chi connectivity index (χ0n) is 25.3. The average Bonchev–Trinajstić information content (AvgIpc) is 3.00. The fourth-order valence-corrected chi connectivity index (χ4v) is 5.34. The molecule has 0 fully saturated rings. The second-order valence-electron chi connectivity index (χ2n) is 10.8. The van der Waals surface area contributed by atoms with Crippen LogP contribution in [0.1, 0.15) is 46.8 Å². The Kier molecular flexibility index (Phi) is 10.5. The van der Waals surface area contributed by atoms with Crippen LogP contribution in [0.25, 0.3) is 11.1 Å². The molecule has 0 radical (unpaired) electrons. The molecule has 4 rings (SSSR count). The summed E-state index contributed by atoms with van der Waals surface area (Å²) in [5, 5.41) is 12.2. The van der Waals surface area contributed by atoms with E-state index in [9.17, 15) is 31.9 Å². The number of nitrogens with one attached hydrogen (secondary N) is 1. The van der Waals surface area contributed by atoms with Gasteiger partial charge in [0.15, 0.2) is 11.6 Å². The number of nitrogens with zero attached hydrogens (tertiary/aromatic N) is 2. The minimum atomic E-state index is -4.96. The highest BCUT2D eigenvalue weighted by atomic mass is 19.4. The number of carboxylic acid groups (broad SMARTS) is 1. The Balaban J connectivity index is 1.98. The van der Waals surface area contributed by atoms with E-state index >= 15 is 4.39 Å². The van der Waals surface area contributed by atoms with Crippen LogP contribution in [0.3, 0.4) is 0 Å². The highest BCUT2D eigenvalue weighted by molar-refractivity contribution is 5.69. The van der Waals surface area contributed by atoms with E-state index in [0.717, 1.165) is 21.3 Å². The number of benzene rings is 3. The normalized spacial score (nSPS) is 12.3. The molecule has 0 aliphatic carbocycles. The summed E-state index contributed by atoms with van der Waals surface area (Å²) in [7, 11) is 1.23. The van der Waals surface area contributed by atoms with E-state index in [0.29, 0.717) is 17.2 Å². The van der Waals surface area contributed by atoms with Crippen molar-refractivity contribution in [2.45, 2.75) is 52.0 Å². The topological polar surface area (TPSA) is 103 Å². The maximum absolute atomic E-state index is 15.7. The molecule has 4 aromatic rings. The largest absolute Gasteiger partial charge is 0.494 e. The third-order valence-corrected chi connectivity index (χ3v) is 7.63. The lowest BCUT2D eigenvalue weighted by Gasteiger charge is -2.24. The highest BCUT2D eigenvalue weighted by Gasteiger charge is 2.35. The first-order valence-electron chi connectivity index (χ1n) is 14.3. The maximum atomic E-state index is 15.7. The fourth-order valence-electron chi connectivity index (χ4n) is 5.34. The fraction of sp³-hybridized carbons (Fsp3) is 0.303. The van der Waals surface area contributed by atoms with Crippen LogP contribution in [0.5, 0.6) is 5.75 Å². The number of rotatable bonds is 12. The van der Waals surface area contributed by atoms with Crippen molar-refractivity contribution in [3.63, 3.8) is 0 Å². The Morgan fingerprint density at radius 2 is 1.70 bits per heavy atom. The molecule has 13 heteroatoms. The van der Waals surface area contributed by atoms with Crippen molar-refractivity contribution < 1.29 is 36.6 Å². The van der Waals surface area contributed by atoms with E-state index in [1.807, 2.05) is 0 Å². The van der Waals surface area contributed by atoms with Crippen molar-refractivity contribution in [2.75, 3.05) is 13.7 Å². The third kappa shape index (κ3) is 7.36. The maximum Gasteiger partial charge on any atom is 0.416 e. The van der Waals surface area contributed by atoms with Gasteiger partial charge < -0.3 is 15.2 Å². The molecule has 0 aliphatic rings. The van der Waals surface area contributed by atoms with Crippen molar-refractivity contribution in [1.82, 2.24) is 14.5 Å². The Bertz CT molecular complexity index is 1850. The Labute approximate surface area is 260 Å². The van der Waals surface area contributed by atoms with Crippen molar-refractivity contribution in [2.24, 2.45) is 0 Å². The quantitative estimate of drug-likeness (QED) is 0.148. The van der Waals surface area contributed by atoms with Gasteiger partial charge in [0, 0.05) is 23.2 Å². The van der Waals surface area contributed by atoms with Crippen LogP contribution < -0.4 is 21.3 Å². The number of methoxy groups -OCH3 is 1. The van der Waals surface area contributed by atoms with E-state index < -0.39 is 58.7 Å². The number of aromatic nitrogens is 2. The van der Waals surface area contributed by atoms with Crippen molar-refractivity contribution in [1.29, 1.82) is 0 Å². The lowest BCUT2D eigenvalue weighted by atomic mass is 10.0. The molecule has 0 amide bonds. The number of hydrogen-bond acceptors (Lipinski definition) is 5. The first-order chi connectivity index (χ1) is 21.7. The molecule has 0 bridgehead atoms. The van der Waals surface area contributed by atoms with Gasteiger partial charge in [0.2, 0.25) is 0 Å². The van der Waals surface area contributed by atoms with Gasteiger partial charge in [-0.1, -0.05) is 36.4 Å². The SMILES string of the molecule is COc1cc(C)cc(-c2c(C)n(Cc3c(F)cccc3C(F)(F)F)c(=O)n(C[C@H](NCCCC(=O)O)c3ccccc3)c2=O)c1F. The number of carboxylic acids is 1. The molecule has 3 aromatic carbocycles. The second-order valence-corrected chi connectivity index (χ2v) is 10.8. The Morgan fingerprint density at radius 1 is 1.00 bits per heavy atom. The smallest absolute Gasteiger partial charge is 0.416 e. The Morgan fingerprint density at radius 3 is 2.33 bits per heavy atom. The van der Waals surface area contributed by atoms with E-state index in [2.05, 4.69) is 5.32 Å². The average molecular weight is 646 g/mol. The summed E-state index contributed by atoms with van der Waals surface area (Å²) < 4.78 is 79.3. The summed E-state index contributed by atoms with van der Waals surface area (Å²) in [6, 6.07) is 13.0. The molecule has 0 spiro atoms. The number of aliphatic carboxylic acids is 1. The molecule has 0 saturated heterocycles. The van der Waals surface area contributed by atoms with Gasteiger partial charge in [-0.2, -0.15) is 13.2 Å². The van der Waals surface area contributed by atoms with Gasteiger partial charge in [-0.3, -0.25) is 18.7 Å². The second kappa shape index (κ2) is 14.1. The zero-order valence-corrected chi connectivity index (χ0v) is 25.3. The summed E-state index contributed by atoms with van der Waals surface area (Å²) in [6.07, 6.45) is -4.88. The monoisotopic (exact) mass is 645 g/mol. The van der Waals surface area contributed by atoms with Gasteiger partial charge in [0.1, 0.15) is 5.82 Å². The van der Waals surface area contributed by atoms with Crippen LogP contribution in [-0.4, -0.2) is 33.9 Å². The number of carbonyl (C=O) groups is 1. The number of aryl methyl sites for hydroxylation is 1. The zero-order chi connectivity index (χ0) is 33.8. The Hall–Kier alpha value is -4.78. The van der Waals surface area contributed by atoms with Crippen LogP contribution in [0.4, 0.5) is 22.0 Å². The molecule has 0 saturated carbocycles. The van der Waals surface area contributed by atoms with Crippen LogP contribution in [-0.2, 0) is 24.1 Å². The predicted molar refractivity (Wildman–Crippen MR) is 161 cm³/mol. The van der Waals surface area contributed by atoms with Crippen LogP contribution in [0, 0.1) is 25.5 Å². The van der Waals surface area contributed by atoms with Crippen molar-refractivity contribution in [3.8, 4) is 16.9 Å². The van der Waals surface area contributed by atoms with Crippen LogP contribution >= 0.6 is 0 Å². The summed E-state index contributed by atoms with van der Waals surface area (Å²) in [4.78, 5) is 39.2. The van der Waals surface area contributed by atoms with Crippen LogP contribution in [0.15, 0.2) is 70.3 Å². The number of hydrogen-bond donors (Lipinski definition) is 2. The first-order valence-corrected chi connectivity index (χ1v) is 14.3. The molecule has 244 valence electrons. The van der Waals surface area contributed by atoms with Gasteiger partial charge in [-0.15, -0.1) is 0 Å². The summed E-state index contributed by atoms with van der Waals surface area (Å²) in [6.45, 7) is 1.81. The third-order valence-electron chi connectivity index (χ3n) is 7.63. The molecule has 46 heavy (non-hydrogen) atoms. The lowest BCUT2D eigenvalue weighted by molar-refractivity contribution is -0.138. The molecular weight excluding hydrogens is 613 g/mol. The standard InChI is InChI=1S/C33H32F5N3O5/c1-19-15-22(30(35)27(16-19)46-3)29-20(2)40(17-23-24(33(36,37)38)11-7-12-25(23)34)32(45)41(31(29)44)18-26(21-9-5-4-6-10-21)39-14-8-13-28(42)43/h4-7,9-12,15-16,26,39H,8,13-14,17-18H2,1-3H3,(H,42,43)/t26-/m0/s1. The van der Waals surface area contributed by atoms with Crippen molar-refractivity contribution >= 4 is 5.97 Å². The molecule has 1 atom stereocenters.